The fraction of sp³-hybridized carbons (Fsp3) is 0.609. The number of ether oxygens (including phenoxy) is 1. The van der Waals surface area contributed by atoms with Crippen molar-refractivity contribution in [1.29, 1.82) is 0 Å². The minimum Gasteiger partial charge on any atom is -0.464 e. The number of unbranched alkanes of at least 4 members (excludes halogenated alkanes) is 6. The molecule has 1 atom stereocenters. The van der Waals surface area contributed by atoms with E-state index in [1.54, 1.807) is 0 Å². The van der Waals surface area contributed by atoms with E-state index in [0.29, 0.717) is 12.8 Å². The van der Waals surface area contributed by atoms with Crippen LogP contribution in [0.1, 0.15) is 88.1 Å². The van der Waals surface area contributed by atoms with Gasteiger partial charge in [-0.05, 0) is 18.4 Å². The topological polar surface area (TPSA) is 72.5 Å². The molecule has 0 saturated carbocycles. The molecule has 0 aliphatic heterocycles. The van der Waals surface area contributed by atoms with E-state index in [1.165, 1.54) is 46.0 Å². The third-order valence-electron chi connectivity index (χ3n) is 4.66. The molecule has 156 valence electrons. The van der Waals surface area contributed by atoms with Gasteiger partial charge < -0.3 is 10.1 Å². The van der Waals surface area contributed by atoms with Crippen LogP contribution in [-0.4, -0.2) is 30.3 Å². The minimum atomic E-state index is -0.373. The van der Waals surface area contributed by atoms with Crippen LogP contribution >= 0.6 is 0 Å². The summed E-state index contributed by atoms with van der Waals surface area (Å²) < 4.78 is 5.02. The van der Waals surface area contributed by atoms with Gasteiger partial charge in [0.25, 0.3) is 0 Å². The molecule has 0 spiro atoms. The predicted octanol–water partition coefficient (Wildman–Crippen LogP) is 4.62. The lowest BCUT2D eigenvalue weighted by atomic mass is 10.00. The van der Waals surface area contributed by atoms with E-state index >= 15 is 0 Å². The van der Waals surface area contributed by atoms with Gasteiger partial charge in [-0.1, -0.05) is 69.7 Å². The van der Waals surface area contributed by atoms with E-state index in [0.717, 1.165) is 24.0 Å². The fourth-order valence-corrected chi connectivity index (χ4v) is 3.16. The van der Waals surface area contributed by atoms with Crippen molar-refractivity contribution in [1.82, 2.24) is 5.32 Å². The Morgan fingerprint density at radius 1 is 0.929 bits per heavy atom. The normalized spacial score (nSPS) is 11.7. The standard InChI is InChI=1S/C23H35NO4/c1-4-5-6-7-8-9-10-11-23(27)21-14-12-20(13-15-21)16-22(24-18(2)25)17-28-19(3)26/h12-15,22H,4-11,16-17H2,1-3H3,(H,24,25)/t22-/m0/s1. The maximum atomic E-state index is 12.3. The molecule has 0 saturated heterocycles. The molecule has 1 aromatic carbocycles. The van der Waals surface area contributed by atoms with Gasteiger partial charge in [0.15, 0.2) is 5.78 Å². The highest BCUT2D eigenvalue weighted by Gasteiger charge is 2.13. The second kappa shape index (κ2) is 13.9. The van der Waals surface area contributed by atoms with E-state index in [4.69, 9.17) is 4.74 Å². The Labute approximate surface area is 169 Å². The maximum Gasteiger partial charge on any atom is 0.302 e. The highest BCUT2D eigenvalue weighted by atomic mass is 16.5. The van der Waals surface area contributed by atoms with Crippen molar-refractivity contribution < 1.29 is 19.1 Å². The van der Waals surface area contributed by atoms with Gasteiger partial charge in [0, 0.05) is 25.8 Å². The predicted molar refractivity (Wildman–Crippen MR) is 111 cm³/mol. The minimum absolute atomic E-state index is 0.133. The molecule has 28 heavy (non-hydrogen) atoms. The third-order valence-corrected chi connectivity index (χ3v) is 4.66. The van der Waals surface area contributed by atoms with Crippen molar-refractivity contribution in [3.05, 3.63) is 35.4 Å². The molecule has 1 amide bonds. The monoisotopic (exact) mass is 389 g/mol. The first kappa shape index (κ1) is 23.9. The van der Waals surface area contributed by atoms with Gasteiger partial charge in [-0.25, -0.2) is 0 Å². The molecule has 0 aliphatic rings. The van der Waals surface area contributed by atoms with Crippen molar-refractivity contribution in [3.8, 4) is 0 Å². The van der Waals surface area contributed by atoms with Crippen molar-refractivity contribution in [2.75, 3.05) is 6.61 Å². The van der Waals surface area contributed by atoms with Gasteiger partial charge in [-0.15, -0.1) is 0 Å². The largest absolute Gasteiger partial charge is 0.464 e. The molecule has 0 aliphatic carbocycles. The summed E-state index contributed by atoms with van der Waals surface area (Å²) in [6, 6.07) is 7.21. The Kier molecular flexibility index (Phi) is 11.9. The molecule has 0 heterocycles. The van der Waals surface area contributed by atoms with Gasteiger partial charge in [-0.2, -0.15) is 0 Å². The lowest BCUT2D eigenvalue weighted by Crippen LogP contribution is -2.39. The number of carbonyl (C=O) groups excluding carboxylic acids is 3. The van der Waals surface area contributed by atoms with E-state index in [9.17, 15) is 14.4 Å². The molecule has 0 bridgehead atoms. The van der Waals surface area contributed by atoms with Crippen molar-refractivity contribution >= 4 is 17.7 Å². The summed E-state index contributed by atoms with van der Waals surface area (Å²) in [5.41, 5.74) is 1.71. The van der Waals surface area contributed by atoms with Crippen LogP contribution in [0.3, 0.4) is 0 Å². The number of ketones is 1. The zero-order valence-electron chi connectivity index (χ0n) is 17.6. The molecule has 0 fully saturated rings. The zero-order valence-corrected chi connectivity index (χ0v) is 17.6. The van der Waals surface area contributed by atoms with E-state index in [-0.39, 0.29) is 30.3 Å². The number of hydrogen-bond acceptors (Lipinski definition) is 4. The molecule has 5 heteroatoms. The van der Waals surface area contributed by atoms with E-state index in [2.05, 4.69) is 12.2 Å². The molecule has 0 radical (unpaired) electrons. The smallest absolute Gasteiger partial charge is 0.302 e. The SMILES string of the molecule is CCCCCCCCCC(=O)c1ccc(C[C@@H](COC(C)=O)NC(C)=O)cc1. The van der Waals surface area contributed by atoms with Crippen LogP contribution in [0.25, 0.3) is 0 Å². The molecule has 0 unspecified atom stereocenters. The highest BCUT2D eigenvalue weighted by Crippen LogP contribution is 2.13. The summed E-state index contributed by atoms with van der Waals surface area (Å²) in [5.74, 6) is -0.362. The van der Waals surface area contributed by atoms with Crippen LogP contribution in [0.5, 0.6) is 0 Å². The van der Waals surface area contributed by atoms with Crippen LogP contribution in [0.15, 0.2) is 24.3 Å². The second-order valence-corrected chi connectivity index (χ2v) is 7.40. The van der Waals surface area contributed by atoms with Gasteiger partial charge in [-0.3, -0.25) is 14.4 Å². The number of rotatable bonds is 14. The number of carbonyl (C=O) groups is 3. The summed E-state index contributed by atoms with van der Waals surface area (Å²) in [6.07, 6.45) is 9.51. The van der Waals surface area contributed by atoms with Gasteiger partial charge in [0.1, 0.15) is 6.61 Å². The second-order valence-electron chi connectivity index (χ2n) is 7.40. The van der Waals surface area contributed by atoms with Crippen LogP contribution in [0, 0.1) is 0 Å². The van der Waals surface area contributed by atoms with Crippen LogP contribution in [-0.2, 0) is 20.7 Å². The molecule has 5 nitrogen and oxygen atoms in total. The summed E-state index contributed by atoms with van der Waals surface area (Å²) in [4.78, 5) is 34.7. The van der Waals surface area contributed by atoms with Crippen LogP contribution < -0.4 is 5.32 Å². The average Bonchev–Trinajstić information content (AvgIpc) is 2.65. The summed E-state index contributed by atoms with van der Waals surface area (Å²) in [7, 11) is 0. The fourth-order valence-electron chi connectivity index (χ4n) is 3.16. The Hall–Kier alpha value is -2.17. The first-order valence-corrected chi connectivity index (χ1v) is 10.4. The van der Waals surface area contributed by atoms with Crippen molar-refractivity contribution in [2.24, 2.45) is 0 Å². The molecule has 0 aromatic heterocycles. The average molecular weight is 390 g/mol. The van der Waals surface area contributed by atoms with Crippen LogP contribution in [0.2, 0.25) is 0 Å². The number of hydrogen-bond donors (Lipinski definition) is 1. The molecular formula is C23H35NO4. The molecule has 1 aromatic rings. The Morgan fingerprint density at radius 2 is 1.54 bits per heavy atom. The van der Waals surface area contributed by atoms with Gasteiger partial charge in [0.05, 0.1) is 6.04 Å². The number of amides is 1. The summed E-state index contributed by atoms with van der Waals surface area (Å²) in [6.45, 7) is 5.13. The number of Topliss-reactive ketones (excluding diaryl/α,β-unsaturated/α-hetero) is 1. The van der Waals surface area contributed by atoms with Gasteiger partial charge in [0.2, 0.25) is 5.91 Å². The van der Waals surface area contributed by atoms with Gasteiger partial charge >= 0.3 is 5.97 Å². The third kappa shape index (κ3) is 10.9. The van der Waals surface area contributed by atoms with Crippen molar-refractivity contribution in [2.45, 2.75) is 84.6 Å². The Balaban J connectivity index is 2.44. The lowest BCUT2D eigenvalue weighted by molar-refractivity contribution is -0.142. The molecule has 1 N–H and O–H groups in total. The lowest BCUT2D eigenvalue weighted by Gasteiger charge is -2.17. The Morgan fingerprint density at radius 3 is 2.11 bits per heavy atom. The maximum absolute atomic E-state index is 12.3. The van der Waals surface area contributed by atoms with Crippen molar-refractivity contribution in [3.63, 3.8) is 0 Å². The first-order chi connectivity index (χ1) is 13.4. The molecule has 1 rings (SSSR count). The quantitative estimate of drug-likeness (QED) is 0.286. The van der Waals surface area contributed by atoms with Crippen LogP contribution in [0.4, 0.5) is 0 Å². The number of nitrogens with one attached hydrogen (secondary N) is 1. The van der Waals surface area contributed by atoms with E-state index < -0.39 is 0 Å². The summed E-state index contributed by atoms with van der Waals surface area (Å²) in [5, 5.41) is 2.79. The number of esters is 1. The molecular weight excluding hydrogens is 354 g/mol. The number of benzene rings is 1. The van der Waals surface area contributed by atoms with E-state index in [1.807, 2.05) is 24.3 Å². The first-order valence-electron chi connectivity index (χ1n) is 10.4. The highest BCUT2D eigenvalue weighted by molar-refractivity contribution is 5.96. The zero-order chi connectivity index (χ0) is 20.8. The summed E-state index contributed by atoms with van der Waals surface area (Å²) >= 11 is 0. The Bertz CT molecular complexity index is 610.